The Morgan fingerprint density at radius 3 is 2.47 bits per heavy atom. The van der Waals surface area contributed by atoms with Crippen LogP contribution in [0.1, 0.15) is 12.6 Å². The fourth-order valence-corrected chi connectivity index (χ4v) is 4.00. The zero-order chi connectivity index (χ0) is 22.8. The molecule has 0 radical (unpaired) electrons. The highest BCUT2D eigenvalue weighted by atomic mass is 79.9. The lowest BCUT2D eigenvalue weighted by molar-refractivity contribution is -0.116. The number of hydrogen-bond donors (Lipinski definition) is 1. The molecule has 4 rings (SSSR count). The molecule has 1 N–H and O–H groups in total. The van der Waals surface area contributed by atoms with Gasteiger partial charge < -0.3 is 4.90 Å². The van der Waals surface area contributed by atoms with Gasteiger partial charge in [0.25, 0.3) is 0 Å². The molecule has 0 saturated heterocycles. The number of carbonyl (C=O) groups excluding carboxylic acids is 1. The molecule has 0 fully saturated rings. The molecular formula is C22H19BrN6O2S. The van der Waals surface area contributed by atoms with Crippen LogP contribution in [0.4, 0.5) is 17.1 Å². The van der Waals surface area contributed by atoms with E-state index in [0.717, 1.165) is 21.4 Å². The molecule has 2 aromatic heterocycles. The second kappa shape index (κ2) is 9.01. The molecule has 1 amide bonds. The Morgan fingerprint density at radius 2 is 1.81 bits per heavy atom. The van der Waals surface area contributed by atoms with E-state index in [0.29, 0.717) is 16.5 Å². The molecule has 0 bridgehead atoms. The van der Waals surface area contributed by atoms with Crippen molar-refractivity contribution in [2.24, 2.45) is 10.2 Å². The number of rotatable bonds is 5. The lowest BCUT2D eigenvalue weighted by atomic mass is 10.2. The number of carbonyl (C=O) groups is 1. The fourth-order valence-electron chi connectivity index (χ4n) is 2.94. The average molecular weight is 511 g/mol. The second-order valence-corrected chi connectivity index (χ2v) is 8.79. The molecule has 0 aliphatic heterocycles. The van der Waals surface area contributed by atoms with Crippen molar-refractivity contribution in [2.45, 2.75) is 13.8 Å². The Bertz CT molecular complexity index is 1350. The normalized spacial score (nSPS) is 11.2. The molecule has 0 saturated carbocycles. The van der Waals surface area contributed by atoms with Gasteiger partial charge in [-0.05, 0) is 43.3 Å². The zero-order valence-corrected chi connectivity index (χ0v) is 19.9. The first-order chi connectivity index (χ1) is 15.3. The molecular weight excluding hydrogens is 492 g/mol. The van der Waals surface area contributed by atoms with Gasteiger partial charge in [-0.1, -0.05) is 28.1 Å². The minimum absolute atomic E-state index is 0.0617. The number of nitrogens with one attached hydrogen (secondary N) is 1. The van der Waals surface area contributed by atoms with Crippen molar-refractivity contribution in [1.29, 1.82) is 0 Å². The number of benzene rings is 2. The van der Waals surface area contributed by atoms with Crippen LogP contribution in [0.3, 0.4) is 0 Å². The lowest BCUT2D eigenvalue weighted by Crippen LogP contribution is -2.22. The van der Waals surface area contributed by atoms with Crippen LogP contribution in [0.25, 0.3) is 16.4 Å². The molecule has 0 atom stereocenters. The Labute approximate surface area is 196 Å². The summed E-state index contributed by atoms with van der Waals surface area (Å²) in [5.41, 5.74) is 3.56. The van der Waals surface area contributed by atoms with Crippen molar-refractivity contribution in [3.05, 3.63) is 74.4 Å². The van der Waals surface area contributed by atoms with Gasteiger partial charge in [-0.15, -0.1) is 16.5 Å². The van der Waals surface area contributed by atoms with Gasteiger partial charge in [-0.2, -0.15) is 9.80 Å². The van der Waals surface area contributed by atoms with Gasteiger partial charge in [-0.25, -0.2) is 4.98 Å². The van der Waals surface area contributed by atoms with E-state index in [2.05, 4.69) is 36.2 Å². The van der Waals surface area contributed by atoms with E-state index in [4.69, 9.17) is 0 Å². The van der Waals surface area contributed by atoms with E-state index in [-0.39, 0.29) is 17.2 Å². The van der Waals surface area contributed by atoms with Crippen LogP contribution in [-0.2, 0) is 4.79 Å². The Balaban J connectivity index is 1.58. The van der Waals surface area contributed by atoms with Crippen LogP contribution in [-0.4, -0.2) is 27.7 Å². The van der Waals surface area contributed by atoms with Crippen molar-refractivity contribution in [3.8, 4) is 16.4 Å². The predicted molar refractivity (Wildman–Crippen MR) is 130 cm³/mol. The number of aromatic amines is 1. The van der Waals surface area contributed by atoms with Crippen molar-refractivity contribution >= 4 is 50.2 Å². The van der Waals surface area contributed by atoms with Crippen LogP contribution in [0, 0.1) is 6.92 Å². The first-order valence-electron chi connectivity index (χ1n) is 9.63. The number of nitrogens with zero attached hydrogens (tertiary/aromatic N) is 5. The maximum Gasteiger partial charge on any atom is 0.301 e. The molecule has 0 spiro atoms. The summed E-state index contributed by atoms with van der Waals surface area (Å²) in [4.78, 5) is 30.5. The second-order valence-electron chi connectivity index (χ2n) is 7.04. The summed E-state index contributed by atoms with van der Waals surface area (Å²) in [7, 11) is 1.70. The molecule has 32 heavy (non-hydrogen) atoms. The van der Waals surface area contributed by atoms with E-state index < -0.39 is 0 Å². The van der Waals surface area contributed by atoms with Crippen LogP contribution >= 0.6 is 27.3 Å². The summed E-state index contributed by atoms with van der Waals surface area (Å²) in [6.07, 6.45) is 0. The third kappa shape index (κ3) is 4.46. The van der Waals surface area contributed by atoms with E-state index in [1.807, 2.05) is 29.6 Å². The quantitative estimate of drug-likeness (QED) is 0.345. The average Bonchev–Trinajstić information content (AvgIpc) is 3.37. The molecule has 0 aliphatic carbocycles. The summed E-state index contributed by atoms with van der Waals surface area (Å²) < 4.78 is 2.37. The topological polar surface area (TPSA) is 95.7 Å². The Kier molecular flexibility index (Phi) is 6.15. The number of hydrogen-bond acceptors (Lipinski definition) is 6. The minimum Gasteiger partial charge on any atom is -0.316 e. The molecule has 8 nitrogen and oxygen atoms in total. The van der Waals surface area contributed by atoms with E-state index >= 15 is 0 Å². The molecule has 0 unspecified atom stereocenters. The first-order valence-corrected chi connectivity index (χ1v) is 11.3. The van der Waals surface area contributed by atoms with Crippen molar-refractivity contribution in [2.75, 3.05) is 11.9 Å². The Hall–Kier alpha value is -3.37. The van der Waals surface area contributed by atoms with Gasteiger partial charge in [0.15, 0.2) is 5.69 Å². The smallest absolute Gasteiger partial charge is 0.301 e. The highest BCUT2D eigenvalue weighted by Crippen LogP contribution is 2.26. The summed E-state index contributed by atoms with van der Waals surface area (Å²) in [5.74, 6) is -0.0617. The summed E-state index contributed by atoms with van der Waals surface area (Å²) in [6.45, 7) is 3.26. The summed E-state index contributed by atoms with van der Waals surface area (Å²) in [6, 6.07) is 14.9. The fraction of sp³-hybridized carbons (Fsp3) is 0.136. The monoisotopic (exact) mass is 510 g/mol. The number of amides is 1. The largest absolute Gasteiger partial charge is 0.316 e. The third-order valence-corrected chi connectivity index (χ3v) is 6.19. The highest BCUT2D eigenvalue weighted by molar-refractivity contribution is 9.10. The minimum atomic E-state index is -0.323. The van der Waals surface area contributed by atoms with Crippen molar-refractivity contribution in [3.63, 3.8) is 0 Å². The number of halogens is 1. The number of aryl methyl sites for hydroxylation is 1. The predicted octanol–water partition coefficient (Wildman–Crippen LogP) is 5.76. The highest BCUT2D eigenvalue weighted by Gasteiger charge is 2.15. The lowest BCUT2D eigenvalue weighted by Gasteiger charge is -2.14. The van der Waals surface area contributed by atoms with E-state index in [1.165, 1.54) is 27.8 Å². The van der Waals surface area contributed by atoms with Gasteiger partial charge >= 0.3 is 5.56 Å². The molecule has 2 aromatic carbocycles. The number of anilines is 1. The molecule has 10 heteroatoms. The third-order valence-electron chi connectivity index (χ3n) is 4.84. The van der Waals surface area contributed by atoms with Gasteiger partial charge in [0.05, 0.1) is 17.1 Å². The summed E-state index contributed by atoms with van der Waals surface area (Å²) in [5, 5.41) is 13.8. The van der Waals surface area contributed by atoms with Crippen LogP contribution in [0.15, 0.2) is 73.4 Å². The number of thiazole rings is 1. The van der Waals surface area contributed by atoms with Crippen LogP contribution in [0.5, 0.6) is 0 Å². The van der Waals surface area contributed by atoms with Crippen molar-refractivity contribution < 1.29 is 4.79 Å². The maximum atomic E-state index is 12.9. The van der Waals surface area contributed by atoms with E-state index in [9.17, 15) is 9.59 Å². The van der Waals surface area contributed by atoms with Gasteiger partial charge in [0.1, 0.15) is 0 Å². The summed E-state index contributed by atoms with van der Waals surface area (Å²) >= 11 is 4.79. The maximum absolute atomic E-state index is 12.9. The molecule has 0 aliphatic rings. The van der Waals surface area contributed by atoms with Crippen LogP contribution < -0.4 is 10.5 Å². The van der Waals surface area contributed by atoms with Gasteiger partial charge in [-0.3, -0.25) is 14.7 Å². The first kappa shape index (κ1) is 21.8. The van der Waals surface area contributed by atoms with Gasteiger partial charge in [0.2, 0.25) is 11.0 Å². The Morgan fingerprint density at radius 1 is 1.12 bits per heavy atom. The molecule has 4 aromatic rings. The number of H-pyrrole nitrogens is 1. The van der Waals surface area contributed by atoms with Crippen molar-refractivity contribution in [1.82, 2.24) is 14.8 Å². The number of aromatic nitrogens is 3. The SMILES string of the molecule is CC(=O)N(C)c1ccc(N=Nc2c(C)[nH]n(-c3nc(-c4ccc(Br)cc4)cs3)c2=O)cc1. The van der Waals surface area contributed by atoms with Gasteiger partial charge in [0, 0.05) is 35.1 Å². The zero-order valence-electron chi connectivity index (χ0n) is 17.5. The standard InChI is InChI=1S/C22H19BrN6O2S/c1-13-20(26-25-17-8-10-18(11-9-17)28(3)14(2)30)21(31)29(27-13)22-24-19(12-32-22)15-4-6-16(23)7-5-15/h4-12,27H,1-3H3. The molecule has 162 valence electrons. The molecule has 2 heterocycles. The van der Waals surface area contributed by atoms with E-state index in [1.54, 1.807) is 38.2 Å². The number of azo groups is 1. The van der Waals surface area contributed by atoms with Crippen LogP contribution in [0.2, 0.25) is 0 Å².